The summed E-state index contributed by atoms with van der Waals surface area (Å²) in [5.41, 5.74) is 1.75. The molecule has 1 aromatic rings. The van der Waals surface area contributed by atoms with Gasteiger partial charge >= 0.3 is 0 Å². The molecule has 7 heteroatoms. The average molecular weight is 366 g/mol. The highest BCUT2D eigenvalue weighted by Gasteiger charge is 2.34. The molecule has 0 radical (unpaired) electrons. The minimum atomic E-state index is -0.211. The Labute approximate surface area is 152 Å². The highest BCUT2D eigenvalue weighted by atomic mass is 32.2. The zero-order valence-corrected chi connectivity index (χ0v) is 15.6. The van der Waals surface area contributed by atoms with Crippen LogP contribution in [0, 0.1) is 0 Å². The van der Waals surface area contributed by atoms with Gasteiger partial charge in [-0.05, 0) is 54.8 Å². The van der Waals surface area contributed by atoms with Crippen LogP contribution >= 0.6 is 24.0 Å². The molecule has 1 heterocycles. The molecule has 0 saturated carbocycles. The lowest BCUT2D eigenvalue weighted by Crippen LogP contribution is -2.31. The Balaban J connectivity index is 1.94. The Kier molecular flexibility index (Phi) is 7.05. The molecule has 2 N–H and O–H groups in total. The first-order chi connectivity index (χ1) is 11.5. The second kappa shape index (κ2) is 9.03. The van der Waals surface area contributed by atoms with Crippen LogP contribution in [0.15, 0.2) is 24.3 Å². The van der Waals surface area contributed by atoms with Gasteiger partial charge in [0.05, 0.1) is 6.54 Å². The van der Waals surface area contributed by atoms with E-state index in [1.165, 1.54) is 0 Å². The molecule has 0 aromatic heterocycles. The summed E-state index contributed by atoms with van der Waals surface area (Å²) in [7, 11) is 0. The van der Waals surface area contributed by atoms with Crippen molar-refractivity contribution >= 4 is 46.6 Å². The topological polar surface area (TPSA) is 61.4 Å². The van der Waals surface area contributed by atoms with Crippen molar-refractivity contribution in [2.24, 2.45) is 0 Å². The van der Waals surface area contributed by atoms with Gasteiger partial charge in [0, 0.05) is 12.1 Å². The normalized spacial score (nSPS) is 17.1. The van der Waals surface area contributed by atoms with Gasteiger partial charge in [-0.2, -0.15) is 11.8 Å². The van der Waals surface area contributed by atoms with Crippen LogP contribution in [0.3, 0.4) is 0 Å². The first kappa shape index (κ1) is 18.7. The summed E-state index contributed by atoms with van der Waals surface area (Å²) in [4.78, 5) is 25.6. The third kappa shape index (κ3) is 4.95. The van der Waals surface area contributed by atoms with Gasteiger partial charge in [-0.1, -0.05) is 19.1 Å². The second-order valence-electron chi connectivity index (χ2n) is 5.70. The molecule has 1 fully saturated rings. The summed E-state index contributed by atoms with van der Waals surface area (Å²) in [6.07, 6.45) is 4.14. The van der Waals surface area contributed by atoms with Crippen LogP contribution in [-0.2, 0) is 16.1 Å². The third-order valence-corrected chi connectivity index (χ3v) is 4.76. The van der Waals surface area contributed by atoms with E-state index in [-0.39, 0.29) is 17.9 Å². The van der Waals surface area contributed by atoms with Crippen molar-refractivity contribution in [2.45, 2.75) is 38.8 Å². The van der Waals surface area contributed by atoms with Crippen LogP contribution in [-0.4, -0.2) is 39.9 Å². The van der Waals surface area contributed by atoms with Crippen molar-refractivity contribution in [1.82, 2.24) is 10.2 Å². The monoisotopic (exact) mass is 365 g/mol. The Hall–Kier alpha value is -1.60. The number of nitrogens with zero attached hydrogens (tertiary/aromatic N) is 1. The number of nitrogens with one attached hydrogen (secondary N) is 2. The van der Waals surface area contributed by atoms with E-state index in [0.717, 1.165) is 29.8 Å². The van der Waals surface area contributed by atoms with Gasteiger partial charge in [0.15, 0.2) is 5.11 Å². The molecule has 1 atom stereocenters. The van der Waals surface area contributed by atoms with E-state index in [1.54, 1.807) is 16.7 Å². The minimum absolute atomic E-state index is 0.0157. The molecule has 0 bridgehead atoms. The zero-order valence-electron chi connectivity index (χ0n) is 14.0. The van der Waals surface area contributed by atoms with E-state index >= 15 is 0 Å². The summed E-state index contributed by atoms with van der Waals surface area (Å²) in [5.74, 6) is 0.975. The van der Waals surface area contributed by atoms with Gasteiger partial charge in [-0.15, -0.1) is 0 Å². The number of amides is 2. The fourth-order valence-electron chi connectivity index (χ4n) is 2.48. The lowest BCUT2D eigenvalue weighted by molar-refractivity contribution is -0.127. The smallest absolute Gasteiger partial charge is 0.251 e. The molecule has 0 unspecified atom stereocenters. The number of hydrogen-bond acceptors (Lipinski definition) is 4. The van der Waals surface area contributed by atoms with Crippen molar-refractivity contribution in [1.29, 1.82) is 0 Å². The SMILES string of the molecule is CCCC(=O)Nc1ccc(CN2C(=O)[C@@H](CCSC)NC2=S)cc1. The standard InChI is InChI=1S/C17H23N3O2S2/c1-3-4-15(21)18-13-7-5-12(6-8-13)11-20-16(22)14(9-10-24-2)19-17(20)23/h5-8,14H,3-4,9-11H2,1-2H3,(H,18,21)(H,19,23)/t14-/m1/s1. The molecule has 5 nitrogen and oxygen atoms in total. The Morgan fingerprint density at radius 3 is 2.71 bits per heavy atom. The molecule has 130 valence electrons. The van der Waals surface area contributed by atoms with Crippen LogP contribution in [0.4, 0.5) is 5.69 Å². The van der Waals surface area contributed by atoms with Gasteiger partial charge < -0.3 is 10.6 Å². The number of anilines is 1. The van der Waals surface area contributed by atoms with Crippen LogP contribution < -0.4 is 10.6 Å². The molecule has 2 amide bonds. The van der Waals surface area contributed by atoms with Crippen molar-refractivity contribution in [2.75, 3.05) is 17.3 Å². The quantitative estimate of drug-likeness (QED) is 0.694. The predicted octanol–water partition coefficient (Wildman–Crippen LogP) is 2.76. The van der Waals surface area contributed by atoms with Crippen LogP contribution in [0.25, 0.3) is 0 Å². The van der Waals surface area contributed by atoms with Crippen molar-refractivity contribution in [3.8, 4) is 0 Å². The molecule has 0 spiro atoms. The fourth-order valence-corrected chi connectivity index (χ4v) is 3.25. The molecular weight excluding hydrogens is 342 g/mol. The Bertz CT molecular complexity index is 604. The number of carbonyl (C=O) groups excluding carboxylic acids is 2. The summed E-state index contributed by atoms with van der Waals surface area (Å²) in [5, 5.41) is 6.44. The molecular formula is C17H23N3O2S2. The molecule has 1 aliphatic heterocycles. The van der Waals surface area contributed by atoms with E-state index in [2.05, 4.69) is 10.6 Å². The van der Waals surface area contributed by atoms with Crippen LogP contribution in [0.2, 0.25) is 0 Å². The molecule has 1 aliphatic rings. The van der Waals surface area contributed by atoms with Crippen molar-refractivity contribution in [3.05, 3.63) is 29.8 Å². The first-order valence-corrected chi connectivity index (χ1v) is 9.85. The number of hydrogen-bond donors (Lipinski definition) is 2. The van der Waals surface area contributed by atoms with E-state index in [4.69, 9.17) is 12.2 Å². The summed E-state index contributed by atoms with van der Waals surface area (Å²) in [6, 6.07) is 7.31. The second-order valence-corrected chi connectivity index (χ2v) is 7.08. The predicted molar refractivity (Wildman–Crippen MR) is 103 cm³/mol. The Morgan fingerprint density at radius 1 is 1.38 bits per heavy atom. The third-order valence-electron chi connectivity index (χ3n) is 3.77. The van der Waals surface area contributed by atoms with E-state index in [1.807, 2.05) is 37.4 Å². The first-order valence-electron chi connectivity index (χ1n) is 8.04. The fraction of sp³-hybridized carbons (Fsp3) is 0.471. The summed E-state index contributed by atoms with van der Waals surface area (Å²) < 4.78 is 0. The average Bonchev–Trinajstić information content (AvgIpc) is 2.82. The number of benzene rings is 1. The summed E-state index contributed by atoms with van der Waals surface area (Å²) >= 11 is 7.00. The highest BCUT2D eigenvalue weighted by molar-refractivity contribution is 7.98. The Morgan fingerprint density at radius 2 is 2.08 bits per heavy atom. The van der Waals surface area contributed by atoms with Gasteiger partial charge in [0.2, 0.25) is 5.91 Å². The largest absolute Gasteiger partial charge is 0.350 e. The van der Waals surface area contributed by atoms with Gasteiger partial charge in [-0.25, -0.2) is 0 Å². The molecule has 0 aliphatic carbocycles. The number of carbonyl (C=O) groups is 2. The maximum Gasteiger partial charge on any atom is 0.251 e. The molecule has 2 rings (SSSR count). The van der Waals surface area contributed by atoms with Crippen molar-refractivity contribution in [3.63, 3.8) is 0 Å². The van der Waals surface area contributed by atoms with E-state index in [9.17, 15) is 9.59 Å². The zero-order chi connectivity index (χ0) is 17.5. The summed E-state index contributed by atoms with van der Waals surface area (Å²) in [6.45, 7) is 2.42. The van der Waals surface area contributed by atoms with E-state index < -0.39 is 0 Å². The van der Waals surface area contributed by atoms with E-state index in [0.29, 0.717) is 18.1 Å². The minimum Gasteiger partial charge on any atom is -0.350 e. The maximum atomic E-state index is 12.4. The maximum absolute atomic E-state index is 12.4. The lowest BCUT2D eigenvalue weighted by atomic mass is 10.1. The van der Waals surface area contributed by atoms with Crippen LogP contribution in [0.1, 0.15) is 31.7 Å². The molecule has 1 aromatic carbocycles. The molecule has 24 heavy (non-hydrogen) atoms. The van der Waals surface area contributed by atoms with Crippen LogP contribution in [0.5, 0.6) is 0 Å². The number of thiocarbonyl (C=S) groups is 1. The highest BCUT2D eigenvalue weighted by Crippen LogP contribution is 2.17. The number of thioether (sulfide) groups is 1. The number of rotatable bonds is 8. The van der Waals surface area contributed by atoms with Gasteiger partial charge in [-0.3, -0.25) is 14.5 Å². The van der Waals surface area contributed by atoms with Gasteiger partial charge in [0.25, 0.3) is 5.91 Å². The lowest BCUT2D eigenvalue weighted by Gasteiger charge is -2.15. The van der Waals surface area contributed by atoms with Gasteiger partial charge in [0.1, 0.15) is 6.04 Å². The van der Waals surface area contributed by atoms with Crippen molar-refractivity contribution < 1.29 is 9.59 Å². The molecule has 1 saturated heterocycles.